The number of hydrogen-bond donors (Lipinski definition) is 1. The molecular formula is C25H22N4O4. The van der Waals surface area contributed by atoms with Crippen molar-refractivity contribution in [3.05, 3.63) is 89.5 Å². The fraction of sp³-hybridized carbons (Fsp3) is 0.200. The number of Topliss-reactive ketones (excluding diaryl/α,β-unsaturated/α-hetero) is 1. The topological polar surface area (TPSA) is 95.9 Å². The van der Waals surface area contributed by atoms with E-state index in [2.05, 4.69) is 9.97 Å². The Morgan fingerprint density at radius 3 is 2.70 bits per heavy atom. The summed E-state index contributed by atoms with van der Waals surface area (Å²) in [5, 5.41) is 11.3. The summed E-state index contributed by atoms with van der Waals surface area (Å²) >= 11 is 0. The van der Waals surface area contributed by atoms with Crippen molar-refractivity contribution < 1.29 is 19.4 Å². The summed E-state index contributed by atoms with van der Waals surface area (Å²) in [7, 11) is 1.94. The zero-order valence-electron chi connectivity index (χ0n) is 18.0. The van der Waals surface area contributed by atoms with E-state index in [0.717, 1.165) is 11.3 Å². The molecule has 2 aromatic heterocycles. The number of benzene rings is 1. The Kier molecular flexibility index (Phi) is 5.26. The Morgan fingerprint density at radius 2 is 1.94 bits per heavy atom. The second-order valence-electron chi connectivity index (χ2n) is 8.02. The molecule has 2 aliphatic rings. The molecule has 8 nitrogen and oxygen atoms in total. The third kappa shape index (κ3) is 3.69. The molecular weight excluding hydrogens is 420 g/mol. The number of aromatic nitrogens is 2. The molecule has 1 unspecified atom stereocenters. The quantitative estimate of drug-likeness (QED) is 0.377. The molecule has 0 spiro atoms. The molecule has 1 saturated heterocycles. The Balaban J connectivity index is 1.63. The second kappa shape index (κ2) is 8.38. The van der Waals surface area contributed by atoms with E-state index < -0.39 is 17.7 Å². The third-order valence-electron chi connectivity index (χ3n) is 5.97. The van der Waals surface area contributed by atoms with Gasteiger partial charge >= 0.3 is 0 Å². The number of likely N-dealkylation sites (N-methyl/N-ethyl adjacent to an activating group) is 1. The van der Waals surface area contributed by atoms with E-state index in [1.807, 2.05) is 18.0 Å². The first-order chi connectivity index (χ1) is 16.0. The van der Waals surface area contributed by atoms with E-state index in [-0.39, 0.29) is 17.9 Å². The van der Waals surface area contributed by atoms with Crippen LogP contribution in [0.1, 0.15) is 22.7 Å². The number of ketones is 1. The number of aliphatic hydroxyl groups excluding tert-OH is 1. The minimum Gasteiger partial charge on any atom is -0.507 e. The lowest BCUT2D eigenvalue weighted by molar-refractivity contribution is -0.140. The Bertz CT molecular complexity index is 1240. The maximum atomic E-state index is 13.2. The highest BCUT2D eigenvalue weighted by atomic mass is 16.5. The average molecular weight is 442 g/mol. The molecule has 166 valence electrons. The predicted octanol–water partition coefficient (Wildman–Crippen LogP) is 2.93. The van der Waals surface area contributed by atoms with Gasteiger partial charge in [0, 0.05) is 43.9 Å². The molecule has 33 heavy (non-hydrogen) atoms. The number of aliphatic hydroxyl groups is 1. The van der Waals surface area contributed by atoms with Gasteiger partial charge in [-0.15, -0.1) is 0 Å². The summed E-state index contributed by atoms with van der Waals surface area (Å²) in [5.41, 5.74) is 2.79. The monoisotopic (exact) mass is 442 g/mol. The standard InChI is InChI=1S/C25H22N4O4/c1-28-11-12-33-20-5-4-18(13-19(20)28)23(30)21-22(17-6-9-26-10-7-17)29(25(32)24(21)31)15-16-3-2-8-27-14-16/h2-10,13-14,22,30H,11-12,15H2,1H3/b23-21-. The Morgan fingerprint density at radius 1 is 1.12 bits per heavy atom. The van der Waals surface area contributed by atoms with Crippen molar-refractivity contribution in [1.29, 1.82) is 0 Å². The number of amides is 1. The smallest absolute Gasteiger partial charge is 0.295 e. The molecule has 5 rings (SSSR count). The summed E-state index contributed by atoms with van der Waals surface area (Å²) < 4.78 is 5.68. The summed E-state index contributed by atoms with van der Waals surface area (Å²) in [6.07, 6.45) is 6.51. The zero-order chi connectivity index (χ0) is 22.9. The number of rotatable bonds is 4. The first kappa shape index (κ1) is 20.7. The van der Waals surface area contributed by atoms with E-state index in [1.165, 1.54) is 4.90 Å². The van der Waals surface area contributed by atoms with Gasteiger partial charge in [-0.05, 0) is 47.5 Å². The van der Waals surface area contributed by atoms with Crippen LogP contribution in [0.4, 0.5) is 5.69 Å². The molecule has 3 aromatic rings. The van der Waals surface area contributed by atoms with Crippen LogP contribution in [-0.2, 0) is 16.1 Å². The number of likely N-dealkylation sites (tertiary alicyclic amines) is 1. The fourth-order valence-electron chi connectivity index (χ4n) is 4.28. The normalized spacial score (nSPS) is 19.4. The molecule has 1 aromatic carbocycles. The first-order valence-corrected chi connectivity index (χ1v) is 10.6. The van der Waals surface area contributed by atoms with E-state index in [1.54, 1.807) is 61.2 Å². The van der Waals surface area contributed by atoms with Crippen molar-refractivity contribution in [2.45, 2.75) is 12.6 Å². The fourth-order valence-corrected chi connectivity index (χ4v) is 4.28. The van der Waals surface area contributed by atoms with Crippen molar-refractivity contribution in [2.75, 3.05) is 25.1 Å². The molecule has 0 bridgehead atoms. The van der Waals surface area contributed by atoms with Gasteiger partial charge in [0.25, 0.3) is 11.7 Å². The number of fused-ring (bicyclic) bond motifs is 1. The largest absolute Gasteiger partial charge is 0.507 e. The van der Waals surface area contributed by atoms with Gasteiger partial charge in [-0.3, -0.25) is 19.6 Å². The Labute approximate surface area is 190 Å². The van der Waals surface area contributed by atoms with Gasteiger partial charge in [0.2, 0.25) is 0 Å². The van der Waals surface area contributed by atoms with Crippen LogP contribution in [-0.4, -0.2) is 51.9 Å². The highest BCUT2D eigenvalue weighted by Crippen LogP contribution is 2.41. The lowest BCUT2D eigenvalue weighted by Crippen LogP contribution is -2.29. The molecule has 0 saturated carbocycles. The number of carbonyl (C=O) groups is 2. The van der Waals surface area contributed by atoms with E-state index in [9.17, 15) is 14.7 Å². The van der Waals surface area contributed by atoms with Crippen molar-refractivity contribution in [1.82, 2.24) is 14.9 Å². The lowest BCUT2D eigenvalue weighted by Gasteiger charge is -2.28. The molecule has 0 radical (unpaired) electrons. The molecule has 1 N–H and O–H groups in total. The van der Waals surface area contributed by atoms with E-state index in [4.69, 9.17) is 4.74 Å². The molecule has 0 aliphatic carbocycles. The van der Waals surface area contributed by atoms with E-state index in [0.29, 0.717) is 30.0 Å². The van der Waals surface area contributed by atoms with Gasteiger partial charge in [-0.1, -0.05) is 6.07 Å². The van der Waals surface area contributed by atoms with Gasteiger partial charge < -0.3 is 19.6 Å². The van der Waals surface area contributed by atoms with Crippen molar-refractivity contribution >= 4 is 23.1 Å². The summed E-state index contributed by atoms with van der Waals surface area (Å²) in [6.45, 7) is 1.48. The van der Waals surface area contributed by atoms with Crippen LogP contribution in [0.3, 0.4) is 0 Å². The molecule has 8 heteroatoms. The van der Waals surface area contributed by atoms with Gasteiger partial charge in [-0.25, -0.2) is 0 Å². The lowest BCUT2D eigenvalue weighted by atomic mass is 9.95. The van der Waals surface area contributed by atoms with Crippen LogP contribution in [0.15, 0.2) is 72.8 Å². The Hall–Kier alpha value is -4.20. The third-order valence-corrected chi connectivity index (χ3v) is 5.97. The molecule has 1 amide bonds. The first-order valence-electron chi connectivity index (χ1n) is 10.6. The molecule has 1 fully saturated rings. The number of hydrogen-bond acceptors (Lipinski definition) is 7. The highest BCUT2D eigenvalue weighted by molar-refractivity contribution is 6.46. The van der Waals surface area contributed by atoms with Gasteiger partial charge in [0.05, 0.1) is 23.8 Å². The van der Waals surface area contributed by atoms with Gasteiger partial charge in [0.15, 0.2) is 0 Å². The van der Waals surface area contributed by atoms with Crippen LogP contribution >= 0.6 is 0 Å². The minimum absolute atomic E-state index is 0.0504. The zero-order valence-corrected chi connectivity index (χ0v) is 18.0. The van der Waals surface area contributed by atoms with Gasteiger partial charge in [-0.2, -0.15) is 0 Å². The van der Waals surface area contributed by atoms with Crippen LogP contribution in [0.25, 0.3) is 5.76 Å². The van der Waals surface area contributed by atoms with Crippen LogP contribution in [0, 0.1) is 0 Å². The number of pyridine rings is 2. The maximum Gasteiger partial charge on any atom is 0.295 e. The number of anilines is 1. The van der Waals surface area contributed by atoms with Crippen molar-refractivity contribution in [3.8, 4) is 5.75 Å². The molecule has 2 aliphatic heterocycles. The maximum absolute atomic E-state index is 13.2. The van der Waals surface area contributed by atoms with Crippen molar-refractivity contribution in [3.63, 3.8) is 0 Å². The van der Waals surface area contributed by atoms with Gasteiger partial charge in [0.1, 0.15) is 18.1 Å². The van der Waals surface area contributed by atoms with Crippen LogP contribution in [0.2, 0.25) is 0 Å². The summed E-state index contributed by atoms with van der Waals surface area (Å²) in [4.78, 5) is 37.9. The summed E-state index contributed by atoms with van der Waals surface area (Å²) in [6, 6.07) is 11.6. The predicted molar refractivity (Wildman–Crippen MR) is 122 cm³/mol. The second-order valence-corrected chi connectivity index (χ2v) is 8.02. The van der Waals surface area contributed by atoms with Crippen LogP contribution < -0.4 is 9.64 Å². The highest BCUT2D eigenvalue weighted by Gasteiger charge is 2.46. The molecule has 1 atom stereocenters. The SMILES string of the molecule is CN1CCOc2ccc(/C(O)=C3/C(=O)C(=O)N(Cc4cccnc4)C3c3ccncc3)cc21. The average Bonchev–Trinajstić information content (AvgIpc) is 3.10. The van der Waals surface area contributed by atoms with Crippen LogP contribution in [0.5, 0.6) is 5.75 Å². The minimum atomic E-state index is -0.752. The summed E-state index contributed by atoms with van der Waals surface area (Å²) in [5.74, 6) is -0.894. The van der Waals surface area contributed by atoms with E-state index >= 15 is 0 Å². The van der Waals surface area contributed by atoms with Crippen molar-refractivity contribution in [2.24, 2.45) is 0 Å². The number of carbonyl (C=O) groups excluding carboxylic acids is 2. The number of nitrogens with zero attached hydrogens (tertiary/aromatic N) is 4. The number of ether oxygens (including phenoxy) is 1. The molecule has 4 heterocycles.